The van der Waals surface area contributed by atoms with Gasteiger partial charge in [0.2, 0.25) is 0 Å². The summed E-state index contributed by atoms with van der Waals surface area (Å²) >= 11 is 0. The third-order valence-corrected chi connectivity index (χ3v) is 3.15. The van der Waals surface area contributed by atoms with Crippen LogP contribution in [0.3, 0.4) is 0 Å². The van der Waals surface area contributed by atoms with Gasteiger partial charge < -0.3 is 20.1 Å². The van der Waals surface area contributed by atoms with E-state index in [1.54, 1.807) is 26.1 Å². The first-order chi connectivity index (χ1) is 9.49. The summed E-state index contributed by atoms with van der Waals surface area (Å²) in [6.45, 7) is 2.10. The largest absolute Gasteiger partial charge is 0.494 e. The number of benzene rings is 1. The Morgan fingerprint density at radius 3 is 2.85 bits per heavy atom. The second-order valence-corrected chi connectivity index (χ2v) is 4.59. The quantitative estimate of drug-likeness (QED) is 0.830. The van der Waals surface area contributed by atoms with Gasteiger partial charge in [-0.3, -0.25) is 0 Å². The number of hydrogen-bond acceptors (Lipinski definition) is 3. The third-order valence-electron chi connectivity index (χ3n) is 3.15. The molecule has 5 nitrogen and oxygen atoms in total. The molecule has 6 heteroatoms. The first kappa shape index (κ1) is 16.2. The molecular weight excluding hydrogens is 263 g/mol. The molecule has 2 amide bonds. The fourth-order valence-electron chi connectivity index (χ4n) is 1.62. The Balaban J connectivity index is 2.46. The minimum absolute atomic E-state index is 0.0842. The van der Waals surface area contributed by atoms with Crippen molar-refractivity contribution >= 4 is 6.03 Å². The van der Waals surface area contributed by atoms with Crippen LogP contribution >= 0.6 is 0 Å². The van der Waals surface area contributed by atoms with Crippen molar-refractivity contribution in [1.82, 2.24) is 10.2 Å². The van der Waals surface area contributed by atoms with Crippen molar-refractivity contribution in [3.8, 4) is 5.75 Å². The maximum Gasteiger partial charge on any atom is 0.317 e. The second-order valence-electron chi connectivity index (χ2n) is 4.59. The molecule has 1 aromatic carbocycles. The van der Waals surface area contributed by atoms with Crippen LogP contribution in [0.15, 0.2) is 18.2 Å². The summed E-state index contributed by atoms with van der Waals surface area (Å²) < 4.78 is 18.1. The van der Waals surface area contributed by atoms with Crippen LogP contribution in [0.1, 0.15) is 12.5 Å². The van der Waals surface area contributed by atoms with Crippen LogP contribution in [0.25, 0.3) is 0 Å². The Hall–Kier alpha value is -1.82. The summed E-state index contributed by atoms with van der Waals surface area (Å²) in [4.78, 5) is 13.2. The Morgan fingerprint density at radius 1 is 1.55 bits per heavy atom. The van der Waals surface area contributed by atoms with Crippen LogP contribution in [-0.4, -0.2) is 49.4 Å². The number of nitrogens with zero attached hydrogens (tertiary/aromatic N) is 1. The summed E-state index contributed by atoms with van der Waals surface area (Å²) in [5.74, 6) is -0.211. The number of amides is 2. The molecule has 1 aromatic rings. The number of rotatable bonds is 6. The van der Waals surface area contributed by atoms with E-state index in [4.69, 9.17) is 9.84 Å². The number of nitrogens with one attached hydrogen (secondary N) is 1. The maximum atomic E-state index is 13.2. The molecule has 1 atom stereocenters. The lowest BCUT2D eigenvalue weighted by molar-refractivity contribution is 0.157. The molecule has 0 heterocycles. The van der Waals surface area contributed by atoms with Gasteiger partial charge in [-0.15, -0.1) is 0 Å². The van der Waals surface area contributed by atoms with E-state index in [0.717, 1.165) is 5.56 Å². The zero-order valence-corrected chi connectivity index (χ0v) is 12.0. The van der Waals surface area contributed by atoms with Crippen LogP contribution in [0.2, 0.25) is 0 Å². The van der Waals surface area contributed by atoms with Gasteiger partial charge in [-0.05, 0) is 31.0 Å². The van der Waals surface area contributed by atoms with E-state index in [0.29, 0.717) is 13.0 Å². The van der Waals surface area contributed by atoms with Gasteiger partial charge in [0.15, 0.2) is 11.6 Å². The highest BCUT2D eigenvalue weighted by molar-refractivity contribution is 5.74. The van der Waals surface area contributed by atoms with Crippen molar-refractivity contribution in [2.24, 2.45) is 0 Å². The van der Waals surface area contributed by atoms with E-state index in [-0.39, 0.29) is 24.4 Å². The topological polar surface area (TPSA) is 61.8 Å². The van der Waals surface area contributed by atoms with Crippen molar-refractivity contribution in [3.05, 3.63) is 29.6 Å². The number of aliphatic hydroxyl groups is 1. The van der Waals surface area contributed by atoms with E-state index in [1.165, 1.54) is 18.1 Å². The van der Waals surface area contributed by atoms with Crippen molar-refractivity contribution in [2.75, 3.05) is 27.3 Å². The van der Waals surface area contributed by atoms with E-state index in [1.807, 2.05) is 0 Å². The molecule has 1 unspecified atom stereocenters. The van der Waals surface area contributed by atoms with Gasteiger partial charge in [0, 0.05) is 13.6 Å². The molecule has 0 saturated carbocycles. The van der Waals surface area contributed by atoms with Gasteiger partial charge >= 0.3 is 6.03 Å². The van der Waals surface area contributed by atoms with Crippen molar-refractivity contribution in [1.29, 1.82) is 0 Å². The molecule has 0 bridgehead atoms. The number of carbonyl (C=O) groups excluding carboxylic acids is 1. The number of aliphatic hydroxyl groups excluding tert-OH is 1. The van der Waals surface area contributed by atoms with E-state index in [2.05, 4.69) is 5.32 Å². The van der Waals surface area contributed by atoms with E-state index < -0.39 is 5.82 Å². The predicted molar refractivity (Wildman–Crippen MR) is 74.4 cm³/mol. The Morgan fingerprint density at radius 2 is 2.25 bits per heavy atom. The van der Waals surface area contributed by atoms with Crippen LogP contribution in [0.5, 0.6) is 5.75 Å². The average molecular weight is 284 g/mol. The van der Waals surface area contributed by atoms with Gasteiger partial charge in [-0.1, -0.05) is 6.07 Å². The molecule has 0 saturated heterocycles. The normalized spacial score (nSPS) is 11.8. The minimum Gasteiger partial charge on any atom is -0.494 e. The van der Waals surface area contributed by atoms with E-state index >= 15 is 0 Å². The fraction of sp³-hybridized carbons (Fsp3) is 0.500. The molecule has 112 valence electrons. The molecule has 0 radical (unpaired) electrons. The van der Waals surface area contributed by atoms with Crippen LogP contribution in [0.4, 0.5) is 9.18 Å². The van der Waals surface area contributed by atoms with Crippen LogP contribution in [-0.2, 0) is 6.42 Å². The molecule has 0 aliphatic carbocycles. The standard InChI is InChI=1S/C14H21FN2O3/c1-10(9-18)17(2)14(19)16-7-6-11-4-5-12(15)13(8-11)20-3/h4-5,8,10,18H,6-7,9H2,1-3H3,(H,16,19). The Kier molecular flexibility index (Phi) is 6.24. The second kappa shape index (κ2) is 7.69. The summed E-state index contributed by atoms with van der Waals surface area (Å²) in [5, 5.41) is 11.7. The van der Waals surface area contributed by atoms with E-state index in [9.17, 15) is 9.18 Å². The smallest absolute Gasteiger partial charge is 0.317 e. The molecular formula is C14H21FN2O3. The lowest BCUT2D eigenvalue weighted by Crippen LogP contribution is -2.44. The number of likely N-dealkylation sites (N-methyl/N-ethyl adjacent to an activating group) is 1. The molecule has 0 fully saturated rings. The highest BCUT2D eigenvalue weighted by Gasteiger charge is 2.13. The first-order valence-corrected chi connectivity index (χ1v) is 6.43. The number of urea groups is 1. The minimum atomic E-state index is -0.406. The number of halogens is 1. The molecule has 0 aliphatic heterocycles. The average Bonchev–Trinajstić information content (AvgIpc) is 2.47. The Labute approximate surface area is 118 Å². The number of methoxy groups -OCH3 is 1. The zero-order valence-electron chi connectivity index (χ0n) is 12.0. The van der Waals surface area contributed by atoms with Crippen molar-refractivity contribution in [3.63, 3.8) is 0 Å². The van der Waals surface area contributed by atoms with Gasteiger partial charge in [-0.25, -0.2) is 9.18 Å². The Bertz CT molecular complexity index is 454. The molecule has 2 N–H and O–H groups in total. The molecule has 0 spiro atoms. The molecule has 0 aliphatic rings. The van der Waals surface area contributed by atoms with Crippen molar-refractivity contribution in [2.45, 2.75) is 19.4 Å². The van der Waals surface area contributed by atoms with Gasteiger partial charge in [0.05, 0.1) is 19.8 Å². The molecule has 0 aromatic heterocycles. The van der Waals surface area contributed by atoms with Crippen LogP contribution in [0, 0.1) is 5.82 Å². The number of ether oxygens (including phenoxy) is 1. The monoisotopic (exact) mass is 284 g/mol. The lowest BCUT2D eigenvalue weighted by atomic mass is 10.1. The summed E-state index contributed by atoms with van der Waals surface area (Å²) in [5.41, 5.74) is 0.876. The number of hydrogen-bond donors (Lipinski definition) is 2. The van der Waals surface area contributed by atoms with Gasteiger partial charge in [0.25, 0.3) is 0 Å². The summed E-state index contributed by atoms with van der Waals surface area (Å²) in [6.07, 6.45) is 0.573. The highest BCUT2D eigenvalue weighted by atomic mass is 19.1. The van der Waals surface area contributed by atoms with Crippen LogP contribution < -0.4 is 10.1 Å². The lowest BCUT2D eigenvalue weighted by Gasteiger charge is -2.23. The SMILES string of the molecule is COc1cc(CCNC(=O)N(C)C(C)CO)ccc1F. The zero-order chi connectivity index (χ0) is 15.1. The first-order valence-electron chi connectivity index (χ1n) is 6.43. The highest BCUT2D eigenvalue weighted by Crippen LogP contribution is 2.18. The fourth-order valence-corrected chi connectivity index (χ4v) is 1.62. The summed E-state index contributed by atoms with van der Waals surface area (Å²) in [7, 11) is 3.03. The maximum absolute atomic E-state index is 13.2. The van der Waals surface area contributed by atoms with Gasteiger partial charge in [0.1, 0.15) is 0 Å². The summed E-state index contributed by atoms with van der Waals surface area (Å²) in [6, 6.07) is 4.13. The van der Waals surface area contributed by atoms with Gasteiger partial charge in [-0.2, -0.15) is 0 Å². The van der Waals surface area contributed by atoms with Crippen molar-refractivity contribution < 1.29 is 19.0 Å². The third kappa shape index (κ3) is 4.38. The predicted octanol–water partition coefficient (Wildman–Crippen LogP) is 1.40. The number of carbonyl (C=O) groups is 1. The molecule has 20 heavy (non-hydrogen) atoms. The molecule has 1 rings (SSSR count).